The van der Waals surface area contributed by atoms with Gasteiger partial charge in [-0.05, 0) is 62.2 Å². The Morgan fingerprint density at radius 1 is 0.791 bits per heavy atom. The maximum absolute atomic E-state index is 14.4. The molecule has 0 aromatic heterocycles. The summed E-state index contributed by atoms with van der Waals surface area (Å²) in [7, 11) is -4.14. The summed E-state index contributed by atoms with van der Waals surface area (Å²) in [6.07, 6.45) is 0.218. The lowest BCUT2D eigenvalue weighted by Crippen LogP contribution is -2.56. The number of nitrogens with one attached hydrogen (secondary N) is 1. The van der Waals surface area contributed by atoms with Crippen molar-refractivity contribution >= 4 is 39.1 Å². The van der Waals surface area contributed by atoms with E-state index in [1.54, 1.807) is 72.8 Å². The van der Waals surface area contributed by atoms with Crippen LogP contribution in [0.3, 0.4) is 0 Å². The van der Waals surface area contributed by atoms with E-state index in [-0.39, 0.29) is 23.8 Å². The molecule has 4 rings (SSSR count). The molecule has 0 saturated heterocycles. The van der Waals surface area contributed by atoms with E-state index in [1.807, 2.05) is 51.1 Å². The van der Waals surface area contributed by atoms with Gasteiger partial charge in [0.25, 0.3) is 10.0 Å². The Morgan fingerprint density at radius 2 is 1.33 bits per heavy atom. The number of amides is 2. The van der Waals surface area contributed by atoms with E-state index in [9.17, 15) is 18.0 Å². The first-order valence-electron chi connectivity index (χ1n) is 14.0. The lowest BCUT2D eigenvalue weighted by Gasteiger charge is -2.35. The van der Waals surface area contributed by atoms with Gasteiger partial charge in [-0.15, -0.1) is 0 Å². The van der Waals surface area contributed by atoms with Gasteiger partial charge in [0.2, 0.25) is 11.8 Å². The summed E-state index contributed by atoms with van der Waals surface area (Å²) in [4.78, 5) is 29.8. The number of nitrogens with zero attached hydrogens (tertiary/aromatic N) is 2. The molecule has 4 aromatic carbocycles. The van der Waals surface area contributed by atoms with Crippen LogP contribution in [0.2, 0.25) is 5.02 Å². The number of rotatable bonds is 11. The first-order valence-corrected chi connectivity index (χ1v) is 15.8. The molecule has 0 bridgehead atoms. The minimum Gasteiger partial charge on any atom is -0.350 e. The minimum atomic E-state index is -4.14. The maximum atomic E-state index is 14.4. The molecule has 43 heavy (non-hydrogen) atoms. The Labute approximate surface area is 259 Å². The van der Waals surface area contributed by atoms with E-state index in [0.29, 0.717) is 16.3 Å². The summed E-state index contributed by atoms with van der Waals surface area (Å²) in [6.45, 7) is 5.08. The molecule has 0 radical (unpaired) electrons. The number of para-hydroxylation sites is 1. The molecule has 7 nitrogen and oxygen atoms in total. The molecule has 0 aliphatic carbocycles. The van der Waals surface area contributed by atoms with Crippen LogP contribution in [-0.4, -0.2) is 43.3 Å². The molecule has 0 aliphatic heterocycles. The van der Waals surface area contributed by atoms with Gasteiger partial charge in [-0.3, -0.25) is 13.9 Å². The van der Waals surface area contributed by atoms with Crippen LogP contribution in [-0.2, 0) is 32.6 Å². The lowest BCUT2D eigenvalue weighted by atomic mass is 10.0. The third-order valence-electron chi connectivity index (χ3n) is 6.72. The molecule has 9 heteroatoms. The minimum absolute atomic E-state index is 0.00157. The molecular formula is C34H36ClN3O4S. The molecule has 1 atom stereocenters. The number of benzene rings is 4. The van der Waals surface area contributed by atoms with Gasteiger partial charge in [-0.1, -0.05) is 96.5 Å². The summed E-state index contributed by atoms with van der Waals surface area (Å²) < 4.78 is 29.0. The summed E-state index contributed by atoms with van der Waals surface area (Å²) in [5.74, 6) is -0.901. The highest BCUT2D eigenvalue weighted by atomic mass is 35.5. The van der Waals surface area contributed by atoms with E-state index < -0.39 is 34.1 Å². The molecule has 0 fully saturated rings. The van der Waals surface area contributed by atoms with Crippen molar-refractivity contribution in [1.29, 1.82) is 0 Å². The Kier molecular flexibility index (Phi) is 10.3. The zero-order valence-corrected chi connectivity index (χ0v) is 26.1. The maximum Gasteiger partial charge on any atom is 0.264 e. The van der Waals surface area contributed by atoms with Crippen molar-refractivity contribution in [2.24, 2.45) is 0 Å². The van der Waals surface area contributed by atoms with Crippen molar-refractivity contribution < 1.29 is 18.0 Å². The molecule has 224 valence electrons. The lowest BCUT2D eigenvalue weighted by molar-refractivity contribution is -0.140. The number of anilines is 1. The van der Waals surface area contributed by atoms with Gasteiger partial charge >= 0.3 is 0 Å². The molecule has 0 heterocycles. The van der Waals surface area contributed by atoms with E-state index in [0.717, 1.165) is 9.87 Å². The van der Waals surface area contributed by atoms with Gasteiger partial charge in [0.1, 0.15) is 12.6 Å². The SMILES string of the molecule is CC(C)(C)NC(=O)C(Cc1ccccc1)N(Cc1ccccc1Cl)C(=O)CN(c1ccccc1)S(=O)(=O)c1ccccc1. The Bertz CT molecular complexity index is 1630. The van der Waals surface area contributed by atoms with Crippen LogP contribution in [0.15, 0.2) is 120 Å². The highest BCUT2D eigenvalue weighted by molar-refractivity contribution is 7.92. The second-order valence-electron chi connectivity index (χ2n) is 11.2. The van der Waals surface area contributed by atoms with Gasteiger partial charge in [0, 0.05) is 23.5 Å². The van der Waals surface area contributed by atoms with Crippen molar-refractivity contribution in [3.8, 4) is 0 Å². The smallest absolute Gasteiger partial charge is 0.264 e. The number of carbonyl (C=O) groups excluding carboxylic acids is 2. The second kappa shape index (κ2) is 13.9. The molecular weight excluding hydrogens is 582 g/mol. The molecule has 0 saturated carbocycles. The number of hydrogen-bond donors (Lipinski definition) is 1. The van der Waals surface area contributed by atoms with Gasteiger partial charge in [0.15, 0.2) is 0 Å². The van der Waals surface area contributed by atoms with Crippen molar-refractivity contribution in [3.05, 3.63) is 131 Å². The summed E-state index contributed by atoms with van der Waals surface area (Å²) in [5, 5.41) is 3.46. The third-order valence-corrected chi connectivity index (χ3v) is 8.88. The largest absolute Gasteiger partial charge is 0.350 e. The molecule has 1 N–H and O–H groups in total. The van der Waals surface area contributed by atoms with Crippen LogP contribution in [0.1, 0.15) is 31.9 Å². The van der Waals surface area contributed by atoms with E-state index >= 15 is 0 Å². The zero-order chi connectivity index (χ0) is 31.0. The van der Waals surface area contributed by atoms with Gasteiger partial charge < -0.3 is 10.2 Å². The van der Waals surface area contributed by atoms with Crippen molar-refractivity contribution in [1.82, 2.24) is 10.2 Å². The Morgan fingerprint density at radius 3 is 1.91 bits per heavy atom. The Hall–Kier alpha value is -4.14. The number of hydrogen-bond acceptors (Lipinski definition) is 4. The van der Waals surface area contributed by atoms with Crippen LogP contribution >= 0.6 is 11.6 Å². The zero-order valence-electron chi connectivity index (χ0n) is 24.5. The van der Waals surface area contributed by atoms with E-state index in [2.05, 4.69) is 5.32 Å². The van der Waals surface area contributed by atoms with Crippen molar-refractivity contribution in [3.63, 3.8) is 0 Å². The fourth-order valence-corrected chi connectivity index (χ4v) is 6.29. The van der Waals surface area contributed by atoms with Crippen LogP contribution in [0, 0.1) is 0 Å². The number of halogens is 1. The predicted octanol–water partition coefficient (Wildman–Crippen LogP) is 6.09. The van der Waals surface area contributed by atoms with E-state index in [4.69, 9.17) is 11.6 Å². The van der Waals surface area contributed by atoms with E-state index in [1.165, 1.54) is 17.0 Å². The molecule has 4 aromatic rings. The monoisotopic (exact) mass is 617 g/mol. The molecule has 0 spiro atoms. The topological polar surface area (TPSA) is 86.8 Å². The predicted molar refractivity (Wildman–Crippen MR) is 171 cm³/mol. The average Bonchev–Trinajstić information content (AvgIpc) is 2.99. The molecule has 0 aliphatic rings. The standard InChI is InChI=1S/C34H36ClN3O4S/c1-34(2,3)36-33(40)31(23-26-15-7-4-8-16-26)37(24-27-17-13-14-22-30(27)35)32(39)25-38(28-18-9-5-10-19-28)43(41,42)29-20-11-6-12-21-29/h4-22,31H,23-25H2,1-3H3,(H,36,40). The fourth-order valence-electron chi connectivity index (χ4n) is 4.66. The number of sulfonamides is 1. The highest BCUT2D eigenvalue weighted by Crippen LogP contribution is 2.26. The Balaban J connectivity index is 1.80. The van der Waals surface area contributed by atoms with Crippen LogP contribution < -0.4 is 9.62 Å². The first-order chi connectivity index (χ1) is 20.5. The average molecular weight is 618 g/mol. The number of carbonyl (C=O) groups is 2. The third kappa shape index (κ3) is 8.46. The van der Waals surface area contributed by atoms with Gasteiger partial charge in [-0.2, -0.15) is 0 Å². The fraction of sp³-hybridized carbons (Fsp3) is 0.235. The van der Waals surface area contributed by atoms with Gasteiger partial charge in [0.05, 0.1) is 10.6 Å². The van der Waals surface area contributed by atoms with Gasteiger partial charge in [-0.25, -0.2) is 8.42 Å². The summed E-state index contributed by atoms with van der Waals surface area (Å²) >= 11 is 6.53. The highest BCUT2D eigenvalue weighted by Gasteiger charge is 2.35. The molecule has 2 amide bonds. The summed E-state index contributed by atoms with van der Waals surface area (Å²) in [6, 6.07) is 32.0. The van der Waals surface area contributed by atoms with Crippen LogP contribution in [0.5, 0.6) is 0 Å². The normalized spacial score (nSPS) is 12.3. The first kappa shape index (κ1) is 31.8. The van der Waals surface area contributed by atoms with Crippen molar-refractivity contribution in [2.45, 2.75) is 50.2 Å². The van der Waals surface area contributed by atoms with Crippen molar-refractivity contribution in [2.75, 3.05) is 10.8 Å². The van der Waals surface area contributed by atoms with Crippen LogP contribution in [0.4, 0.5) is 5.69 Å². The quantitative estimate of drug-likeness (QED) is 0.221. The summed E-state index contributed by atoms with van der Waals surface area (Å²) in [5.41, 5.74) is 1.25. The second-order valence-corrected chi connectivity index (χ2v) is 13.5. The van der Waals surface area contributed by atoms with Crippen LogP contribution in [0.25, 0.3) is 0 Å². The molecule has 1 unspecified atom stereocenters.